The largest absolute Gasteiger partial charge is 0.330 e. The minimum Gasteiger partial charge on any atom is -0.330 e. The molecule has 1 atom stereocenters. The van der Waals surface area contributed by atoms with Crippen LogP contribution in [0.3, 0.4) is 0 Å². The molecule has 0 aliphatic heterocycles. The van der Waals surface area contributed by atoms with Crippen LogP contribution < -0.4 is 5.73 Å². The van der Waals surface area contributed by atoms with Crippen molar-refractivity contribution in [2.45, 2.75) is 39.7 Å². The average molecular weight is 210 g/mol. The van der Waals surface area contributed by atoms with Crippen molar-refractivity contribution in [2.75, 3.05) is 13.1 Å². The van der Waals surface area contributed by atoms with Gasteiger partial charge in [0, 0.05) is 6.54 Å². The van der Waals surface area contributed by atoms with Crippen LogP contribution >= 0.6 is 0 Å². The molecule has 0 saturated heterocycles. The predicted octanol–water partition coefficient (Wildman–Crippen LogP) is 1.23. The third-order valence-corrected chi connectivity index (χ3v) is 2.13. The molecule has 2 N–H and O–H groups in total. The predicted molar refractivity (Wildman–Crippen MR) is 63.1 cm³/mol. The zero-order chi connectivity index (χ0) is 11.8. The van der Waals surface area contributed by atoms with Crippen LogP contribution in [0.15, 0.2) is 0 Å². The van der Waals surface area contributed by atoms with Crippen LogP contribution in [0.2, 0.25) is 0 Å². The molecule has 0 fully saturated rings. The Labute approximate surface area is 93.0 Å². The van der Waals surface area contributed by atoms with E-state index in [-0.39, 0.29) is 5.91 Å². The molecule has 0 aliphatic rings. The summed E-state index contributed by atoms with van der Waals surface area (Å²) in [6, 6.07) is -0.412. The summed E-state index contributed by atoms with van der Waals surface area (Å²) in [5.74, 6) is 2.90. The SMILES string of the molecule is C#CCN(CCC)C(=O)[C@H](N)CC(C)C. The van der Waals surface area contributed by atoms with Crippen LogP contribution in [-0.2, 0) is 4.79 Å². The van der Waals surface area contributed by atoms with E-state index in [1.807, 2.05) is 6.92 Å². The van der Waals surface area contributed by atoms with Gasteiger partial charge in [-0.2, -0.15) is 0 Å². The van der Waals surface area contributed by atoms with E-state index in [2.05, 4.69) is 19.8 Å². The lowest BCUT2D eigenvalue weighted by atomic mass is 10.0. The minimum absolute atomic E-state index is 0.0245. The summed E-state index contributed by atoms with van der Waals surface area (Å²) in [7, 11) is 0. The van der Waals surface area contributed by atoms with Gasteiger partial charge in [-0.3, -0.25) is 4.79 Å². The minimum atomic E-state index is -0.412. The number of amides is 1. The molecule has 0 radical (unpaired) electrons. The third kappa shape index (κ3) is 5.44. The van der Waals surface area contributed by atoms with Crippen molar-refractivity contribution in [1.82, 2.24) is 4.90 Å². The number of rotatable bonds is 6. The second-order valence-electron chi connectivity index (χ2n) is 4.20. The number of nitrogens with two attached hydrogens (primary N) is 1. The molecule has 0 unspecified atom stereocenters. The lowest BCUT2D eigenvalue weighted by molar-refractivity contribution is -0.132. The third-order valence-electron chi connectivity index (χ3n) is 2.13. The quantitative estimate of drug-likeness (QED) is 0.670. The highest BCUT2D eigenvalue weighted by Crippen LogP contribution is 2.06. The van der Waals surface area contributed by atoms with Crippen LogP contribution in [0.25, 0.3) is 0 Å². The van der Waals surface area contributed by atoms with E-state index in [0.29, 0.717) is 25.4 Å². The fourth-order valence-corrected chi connectivity index (χ4v) is 1.49. The Morgan fingerprint density at radius 3 is 2.53 bits per heavy atom. The molecule has 0 aromatic heterocycles. The van der Waals surface area contributed by atoms with Crippen molar-refractivity contribution in [2.24, 2.45) is 11.7 Å². The monoisotopic (exact) mass is 210 g/mol. The lowest BCUT2D eigenvalue weighted by Crippen LogP contribution is -2.44. The summed E-state index contributed by atoms with van der Waals surface area (Å²) >= 11 is 0. The smallest absolute Gasteiger partial charge is 0.240 e. The topological polar surface area (TPSA) is 46.3 Å². The van der Waals surface area contributed by atoms with E-state index in [1.54, 1.807) is 4.90 Å². The highest BCUT2D eigenvalue weighted by molar-refractivity contribution is 5.81. The molecule has 0 aliphatic carbocycles. The molecule has 0 rings (SSSR count). The Morgan fingerprint density at radius 1 is 1.53 bits per heavy atom. The van der Waals surface area contributed by atoms with Crippen LogP contribution in [0.5, 0.6) is 0 Å². The fourth-order valence-electron chi connectivity index (χ4n) is 1.49. The van der Waals surface area contributed by atoms with Crippen molar-refractivity contribution in [1.29, 1.82) is 0 Å². The second-order valence-corrected chi connectivity index (χ2v) is 4.20. The molecule has 15 heavy (non-hydrogen) atoms. The zero-order valence-electron chi connectivity index (χ0n) is 9.99. The molecule has 86 valence electrons. The van der Waals surface area contributed by atoms with E-state index in [4.69, 9.17) is 12.2 Å². The number of terminal acetylenes is 1. The zero-order valence-corrected chi connectivity index (χ0v) is 9.99. The molecular formula is C12H22N2O. The van der Waals surface area contributed by atoms with E-state index >= 15 is 0 Å². The second kappa shape index (κ2) is 7.30. The van der Waals surface area contributed by atoms with Gasteiger partial charge in [0.1, 0.15) is 0 Å². The molecule has 0 saturated carbocycles. The summed E-state index contributed by atoms with van der Waals surface area (Å²) in [5, 5.41) is 0. The Morgan fingerprint density at radius 2 is 2.13 bits per heavy atom. The molecule has 0 bridgehead atoms. The summed E-state index contributed by atoms with van der Waals surface area (Å²) in [6.45, 7) is 7.18. The van der Waals surface area contributed by atoms with E-state index in [0.717, 1.165) is 6.42 Å². The van der Waals surface area contributed by atoms with Gasteiger partial charge >= 0.3 is 0 Å². The summed E-state index contributed by atoms with van der Waals surface area (Å²) < 4.78 is 0. The van der Waals surface area contributed by atoms with Gasteiger partial charge < -0.3 is 10.6 Å². The lowest BCUT2D eigenvalue weighted by Gasteiger charge is -2.24. The van der Waals surface area contributed by atoms with Gasteiger partial charge in [0.25, 0.3) is 0 Å². The van der Waals surface area contributed by atoms with Crippen LogP contribution in [0, 0.1) is 18.3 Å². The Bertz CT molecular complexity index is 230. The number of hydrogen-bond acceptors (Lipinski definition) is 2. The van der Waals surface area contributed by atoms with Crippen molar-refractivity contribution in [3.8, 4) is 12.3 Å². The van der Waals surface area contributed by atoms with Gasteiger partial charge in [0.15, 0.2) is 0 Å². The van der Waals surface area contributed by atoms with E-state index in [1.165, 1.54) is 0 Å². The Kier molecular flexibility index (Phi) is 6.81. The standard InChI is InChI=1S/C12H22N2O/c1-5-7-14(8-6-2)12(15)11(13)9-10(3)4/h1,10-11H,6-9,13H2,2-4H3/t11-/m1/s1. The summed E-state index contributed by atoms with van der Waals surface area (Å²) in [4.78, 5) is 13.5. The van der Waals surface area contributed by atoms with Crippen molar-refractivity contribution in [3.05, 3.63) is 0 Å². The van der Waals surface area contributed by atoms with Gasteiger partial charge in [0.2, 0.25) is 5.91 Å². The maximum absolute atomic E-state index is 11.9. The highest BCUT2D eigenvalue weighted by atomic mass is 16.2. The molecule has 0 aromatic carbocycles. The first-order valence-corrected chi connectivity index (χ1v) is 5.50. The fraction of sp³-hybridized carbons (Fsp3) is 0.750. The van der Waals surface area contributed by atoms with Crippen molar-refractivity contribution in [3.63, 3.8) is 0 Å². The molecule has 1 amide bonds. The van der Waals surface area contributed by atoms with Crippen molar-refractivity contribution >= 4 is 5.91 Å². The first-order chi connectivity index (χ1) is 7.02. The first-order valence-electron chi connectivity index (χ1n) is 5.50. The molecular weight excluding hydrogens is 188 g/mol. The Balaban J connectivity index is 4.29. The molecule has 3 heteroatoms. The molecule has 0 heterocycles. The van der Waals surface area contributed by atoms with Gasteiger partial charge in [-0.1, -0.05) is 26.7 Å². The summed E-state index contributed by atoms with van der Waals surface area (Å²) in [6.07, 6.45) is 6.83. The first kappa shape index (κ1) is 14.0. The van der Waals surface area contributed by atoms with Gasteiger partial charge in [0.05, 0.1) is 12.6 Å². The van der Waals surface area contributed by atoms with Crippen molar-refractivity contribution < 1.29 is 4.79 Å². The number of carbonyl (C=O) groups excluding carboxylic acids is 1. The molecule has 3 nitrogen and oxygen atoms in total. The van der Waals surface area contributed by atoms with E-state index in [9.17, 15) is 4.79 Å². The number of hydrogen-bond donors (Lipinski definition) is 1. The van der Waals surface area contributed by atoms with Gasteiger partial charge in [-0.05, 0) is 18.8 Å². The Hall–Kier alpha value is -1.01. The van der Waals surface area contributed by atoms with E-state index < -0.39 is 6.04 Å². The molecule has 0 aromatic rings. The number of carbonyl (C=O) groups is 1. The highest BCUT2D eigenvalue weighted by Gasteiger charge is 2.20. The maximum Gasteiger partial charge on any atom is 0.240 e. The van der Waals surface area contributed by atoms with Crippen LogP contribution in [0.4, 0.5) is 0 Å². The van der Waals surface area contributed by atoms with Gasteiger partial charge in [-0.25, -0.2) is 0 Å². The number of nitrogens with zero attached hydrogens (tertiary/aromatic N) is 1. The van der Waals surface area contributed by atoms with Gasteiger partial charge in [-0.15, -0.1) is 6.42 Å². The maximum atomic E-state index is 11.9. The van der Waals surface area contributed by atoms with Crippen LogP contribution in [-0.4, -0.2) is 29.9 Å². The average Bonchev–Trinajstić information content (AvgIpc) is 2.15. The normalized spacial score (nSPS) is 12.3. The molecule has 0 spiro atoms. The summed E-state index contributed by atoms with van der Waals surface area (Å²) in [5.41, 5.74) is 5.82. The van der Waals surface area contributed by atoms with Crippen LogP contribution in [0.1, 0.15) is 33.6 Å².